The molecule has 0 N–H and O–H groups in total. The van der Waals surface area contributed by atoms with Crippen LogP contribution in [0.25, 0.3) is 16.0 Å². The van der Waals surface area contributed by atoms with E-state index in [1.54, 1.807) is 22.8 Å². The standard InChI is InChI=1S/C12H8N2O2S2/c1-16-12(15)8(6-13)5-9-7-18-11(14-9)10-3-2-4-17-10/h2-5,7H,1H3/b8-5-. The lowest BCUT2D eigenvalue weighted by Gasteiger charge is -1.93. The Kier molecular flexibility index (Phi) is 3.87. The van der Waals surface area contributed by atoms with Crippen LogP contribution in [0, 0.1) is 11.3 Å². The molecule has 0 bridgehead atoms. The second-order valence-corrected chi connectivity index (χ2v) is 5.02. The maximum absolute atomic E-state index is 11.2. The molecule has 0 saturated carbocycles. The predicted molar refractivity (Wildman–Crippen MR) is 71.0 cm³/mol. The van der Waals surface area contributed by atoms with Gasteiger partial charge in [0.25, 0.3) is 0 Å². The van der Waals surface area contributed by atoms with E-state index in [2.05, 4.69) is 9.72 Å². The third kappa shape index (κ3) is 2.64. The first-order valence-corrected chi connectivity index (χ1v) is 6.70. The van der Waals surface area contributed by atoms with Crippen LogP contribution in [0.4, 0.5) is 0 Å². The topological polar surface area (TPSA) is 63.0 Å². The van der Waals surface area contributed by atoms with Gasteiger partial charge in [-0.25, -0.2) is 9.78 Å². The van der Waals surface area contributed by atoms with Crippen molar-refractivity contribution in [2.75, 3.05) is 7.11 Å². The number of methoxy groups -OCH3 is 1. The molecule has 0 unspecified atom stereocenters. The van der Waals surface area contributed by atoms with Gasteiger partial charge in [-0.2, -0.15) is 5.26 Å². The fraction of sp³-hybridized carbons (Fsp3) is 0.0833. The Morgan fingerprint density at radius 1 is 1.56 bits per heavy atom. The van der Waals surface area contributed by atoms with E-state index in [0.29, 0.717) is 5.69 Å². The first-order chi connectivity index (χ1) is 8.74. The Morgan fingerprint density at radius 3 is 3.00 bits per heavy atom. The molecule has 0 aliphatic rings. The van der Waals surface area contributed by atoms with Gasteiger partial charge in [0.1, 0.15) is 16.6 Å². The van der Waals surface area contributed by atoms with Crippen molar-refractivity contribution < 1.29 is 9.53 Å². The van der Waals surface area contributed by atoms with E-state index in [1.807, 2.05) is 17.5 Å². The Hall–Kier alpha value is -1.97. The summed E-state index contributed by atoms with van der Waals surface area (Å²) in [6.07, 6.45) is 1.43. The second kappa shape index (κ2) is 5.58. The molecule has 0 aliphatic carbocycles. The maximum atomic E-state index is 11.2. The third-order valence-corrected chi connectivity index (χ3v) is 3.97. The highest BCUT2D eigenvalue weighted by Gasteiger charge is 2.10. The number of carbonyl (C=O) groups excluding carboxylic acids is 1. The number of aromatic nitrogens is 1. The van der Waals surface area contributed by atoms with Gasteiger partial charge in [0.2, 0.25) is 0 Å². The third-order valence-electron chi connectivity index (χ3n) is 2.07. The molecule has 0 spiro atoms. The highest BCUT2D eigenvalue weighted by molar-refractivity contribution is 7.20. The number of thiophene rings is 1. The molecule has 4 nitrogen and oxygen atoms in total. The van der Waals surface area contributed by atoms with Crippen LogP contribution < -0.4 is 0 Å². The van der Waals surface area contributed by atoms with E-state index in [9.17, 15) is 4.79 Å². The zero-order valence-corrected chi connectivity index (χ0v) is 11.0. The Balaban J connectivity index is 2.28. The van der Waals surface area contributed by atoms with E-state index < -0.39 is 5.97 Å². The summed E-state index contributed by atoms with van der Waals surface area (Å²) in [6.45, 7) is 0. The number of carbonyl (C=O) groups is 1. The van der Waals surface area contributed by atoms with Gasteiger partial charge in [-0.15, -0.1) is 22.7 Å². The van der Waals surface area contributed by atoms with Crippen LogP contribution in [-0.2, 0) is 9.53 Å². The first-order valence-electron chi connectivity index (χ1n) is 4.94. The molecule has 0 radical (unpaired) electrons. The maximum Gasteiger partial charge on any atom is 0.348 e. The van der Waals surface area contributed by atoms with Gasteiger partial charge in [0.05, 0.1) is 17.7 Å². The van der Waals surface area contributed by atoms with Crippen molar-refractivity contribution >= 4 is 34.7 Å². The zero-order chi connectivity index (χ0) is 13.0. The van der Waals surface area contributed by atoms with E-state index in [0.717, 1.165) is 9.88 Å². The largest absolute Gasteiger partial charge is 0.465 e. The van der Waals surface area contributed by atoms with Crippen LogP contribution in [0.5, 0.6) is 0 Å². The first kappa shape index (κ1) is 12.5. The summed E-state index contributed by atoms with van der Waals surface area (Å²) in [6, 6.07) is 5.72. The number of rotatable bonds is 3. The monoisotopic (exact) mass is 276 g/mol. The Morgan fingerprint density at radius 2 is 2.39 bits per heavy atom. The molecule has 90 valence electrons. The summed E-state index contributed by atoms with van der Waals surface area (Å²) in [5.74, 6) is -0.650. The van der Waals surface area contributed by atoms with Gasteiger partial charge in [0, 0.05) is 5.38 Å². The van der Waals surface area contributed by atoms with Gasteiger partial charge >= 0.3 is 5.97 Å². The molecule has 0 saturated heterocycles. The van der Waals surface area contributed by atoms with E-state index in [4.69, 9.17) is 5.26 Å². The summed E-state index contributed by atoms with van der Waals surface area (Å²) in [7, 11) is 1.24. The number of hydrogen-bond donors (Lipinski definition) is 0. The summed E-state index contributed by atoms with van der Waals surface area (Å²) in [5.41, 5.74) is 0.533. The zero-order valence-electron chi connectivity index (χ0n) is 9.41. The summed E-state index contributed by atoms with van der Waals surface area (Å²) < 4.78 is 4.50. The number of esters is 1. The minimum atomic E-state index is -0.650. The lowest BCUT2D eigenvalue weighted by Crippen LogP contribution is -2.02. The van der Waals surface area contributed by atoms with Crippen LogP contribution in [0.3, 0.4) is 0 Å². The quantitative estimate of drug-likeness (QED) is 0.491. The molecular formula is C12H8N2O2S2. The molecule has 0 atom stereocenters. The van der Waals surface area contributed by atoms with Crippen molar-refractivity contribution in [1.29, 1.82) is 5.26 Å². The van der Waals surface area contributed by atoms with Crippen molar-refractivity contribution in [3.8, 4) is 16.0 Å². The number of thiazole rings is 1. The molecule has 0 fully saturated rings. The number of ether oxygens (including phenoxy) is 1. The average Bonchev–Trinajstić information content (AvgIpc) is 3.05. The van der Waals surface area contributed by atoms with E-state index in [-0.39, 0.29) is 5.57 Å². The van der Waals surface area contributed by atoms with Crippen molar-refractivity contribution in [2.45, 2.75) is 0 Å². The van der Waals surface area contributed by atoms with Crippen LogP contribution >= 0.6 is 22.7 Å². The highest BCUT2D eigenvalue weighted by Crippen LogP contribution is 2.28. The number of nitrogens with zero attached hydrogens (tertiary/aromatic N) is 2. The van der Waals surface area contributed by atoms with Crippen LogP contribution in [-0.4, -0.2) is 18.1 Å². The van der Waals surface area contributed by atoms with Crippen LogP contribution in [0.1, 0.15) is 5.69 Å². The summed E-state index contributed by atoms with van der Waals surface area (Å²) in [5, 5.41) is 13.5. The van der Waals surface area contributed by atoms with Gasteiger partial charge in [-0.1, -0.05) is 6.07 Å². The van der Waals surface area contributed by atoms with E-state index in [1.165, 1.54) is 24.5 Å². The molecule has 0 aliphatic heterocycles. The Bertz CT molecular complexity index is 621. The summed E-state index contributed by atoms with van der Waals surface area (Å²) in [4.78, 5) is 16.7. The minimum Gasteiger partial charge on any atom is -0.465 e. The molecule has 2 rings (SSSR count). The molecule has 6 heteroatoms. The van der Waals surface area contributed by atoms with Gasteiger partial charge < -0.3 is 4.74 Å². The van der Waals surface area contributed by atoms with Gasteiger partial charge in [0.15, 0.2) is 0 Å². The molecular weight excluding hydrogens is 268 g/mol. The SMILES string of the molecule is COC(=O)/C(C#N)=C\c1csc(-c2cccs2)n1. The van der Waals surface area contributed by atoms with Crippen molar-refractivity contribution in [2.24, 2.45) is 0 Å². The molecule has 2 heterocycles. The smallest absolute Gasteiger partial charge is 0.348 e. The number of hydrogen-bond acceptors (Lipinski definition) is 6. The molecule has 2 aromatic rings. The van der Waals surface area contributed by atoms with Crippen molar-refractivity contribution in [1.82, 2.24) is 4.98 Å². The molecule has 0 amide bonds. The second-order valence-electron chi connectivity index (χ2n) is 3.22. The van der Waals surface area contributed by atoms with Crippen LogP contribution in [0.15, 0.2) is 28.5 Å². The predicted octanol–water partition coefficient (Wildman–Crippen LogP) is 2.95. The lowest BCUT2D eigenvalue weighted by molar-refractivity contribution is -0.135. The lowest BCUT2D eigenvalue weighted by atomic mass is 10.2. The normalized spacial score (nSPS) is 11.0. The molecule has 18 heavy (non-hydrogen) atoms. The highest BCUT2D eigenvalue weighted by atomic mass is 32.1. The molecule has 0 aromatic carbocycles. The van der Waals surface area contributed by atoms with E-state index >= 15 is 0 Å². The number of nitriles is 1. The van der Waals surface area contributed by atoms with Gasteiger partial charge in [-0.05, 0) is 17.5 Å². The van der Waals surface area contributed by atoms with Crippen molar-refractivity contribution in [3.63, 3.8) is 0 Å². The average molecular weight is 276 g/mol. The van der Waals surface area contributed by atoms with Crippen molar-refractivity contribution in [3.05, 3.63) is 34.2 Å². The van der Waals surface area contributed by atoms with Crippen LogP contribution in [0.2, 0.25) is 0 Å². The fourth-order valence-corrected chi connectivity index (χ4v) is 2.85. The minimum absolute atomic E-state index is 0.0551. The molecule has 2 aromatic heterocycles. The Labute approximate surface area is 112 Å². The fourth-order valence-electron chi connectivity index (χ4n) is 1.26. The summed E-state index contributed by atoms with van der Waals surface area (Å²) >= 11 is 3.07. The van der Waals surface area contributed by atoms with Gasteiger partial charge in [-0.3, -0.25) is 0 Å².